The maximum Gasteiger partial charge on any atom is 0.191 e. The van der Waals surface area contributed by atoms with Crippen LogP contribution in [0.5, 0.6) is 11.5 Å². The smallest absolute Gasteiger partial charge is 0.191 e. The predicted octanol–water partition coefficient (Wildman–Crippen LogP) is 3.78. The van der Waals surface area contributed by atoms with Gasteiger partial charge in [-0.15, -0.1) is 24.0 Å². The Bertz CT molecular complexity index is 475. The van der Waals surface area contributed by atoms with Gasteiger partial charge < -0.3 is 20.1 Å². The summed E-state index contributed by atoms with van der Waals surface area (Å²) in [7, 11) is 1.66. The Kier molecular flexibility index (Phi) is 16.1. The van der Waals surface area contributed by atoms with Crippen LogP contribution in [0.1, 0.15) is 26.2 Å². The molecule has 0 aliphatic carbocycles. The number of hydrogen-bond acceptors (Lipinski definition) is 4. The SMILES string of the molecule is CCNC(=NCCCOc1cccc(OC)c1)NCCCCSC.I. The highest BCUT2D eigenvalue weighted by atomic mass is 127. The lowest BCUT2D eigenvalue weighted by Crippen LogP contribution is -2.38. The monoisotopic (exact) mass is 481 g/mol. The van der Waals surface area contributed by atoms with Crippen molar-refractivity contribution in [3.63, 3.8) is 0 Å². The molecule has 0 bridgehead atoms. The van der Waals surface area contributed by atoms with Gasteiger partial charge in [-0.05, 0) is 43.9 Å². The first kappa shape index (κ1) is 24.2. The van der Waals surface area contributed by atoms with E-state index in [-0.39, 0.29) is 24.0 Å². The minimum Gasteiger partial charge on any atom is -0.497 e. The summed E-state index contributed by atoms with van der Waals surface area (Å²) < 4.78 is 10.9. The highest BCUT2D eigenvalue weighted by Gasteiger charge is 1.98. The van der Waals surface area contributed by atoms with Crippen LogP contribution < -0.4 is 20.1 Å². The van der Waals surface area contributed by atoms with E-state index in [1.165, 1.54) is 18.6 Å². The molecule has 0 radical (unpaired) electrons. The van der Waals surface area contributed by atoms with Crippen molar-refractivity contribution in [3.8, 4) is 11.5 Å². The van der Waals surface area contributed by atoms with Crippen molar-refractivity contribution in [2.24, 2.45) is 4.99 Å². The van der Waals surface area contributed by atoms with E-state index in [4.69, 9.17) is 9.47 Å². The third kappa shape index (κ3) is 12.2. The largest absolute Gasteiger partial charge is 0.497 e. The van der Waals surface area contributed by atoms with E-state index in [1.807, 2.05) is 36.0 Å². The lowest BCUT2D eigenvalue weighted by atomic mass is 10.3. The van der Waals surface area contributed by atoms with Crippen LogP contribution >= 0.6 is 35.7 Å². The van der Waals surface area contributed by atoms with Gasteiger partial charge in [0.05, 0.1) is 13.7 Å². The number of aliphatic imine (C=N–C) groups is 1. The molecule has 0 aromatic heterocycles. The molecule has 0 aliphatic rings. The van der Waals surface area contributed by atoms with E-state index in [9.17, 15) is 0 Å². The van der Waals surface area contributed by atoms with Crippen LogP contribution in [-0.4, -0.2) is 51.3 Å². The average molecular weight is 481 g/mol. The quantitative estimate of drug-likeness (QED) is 0.206. The van der Waals surface area contributed by atoms with Crippen molar-refractivity contribution in [1.82, 2.24) is 10.6 Å². The molecular formula is C18H32IN3O2S. The second-order valence-corrected chi connectivity index (χ2v) is 6.25. The van der Waals surface area contributed by atoms with Crippen LogP contribution in [0.2, 0.25) is 0 Å². The van der Waals surface area contributed by atoms with Crippen molar-refractivity contribution >= 4 is 41.7 Å². The number of unbranched alkanes of at least 4 members (excludes halogenated alkanes) is 1. The molecule has 25 heavy (non-hydrogen) atoms. The molecular weight excluding hydrogens is 449 g/mol. The molecule has 144 valence electrons. The van der Waals surface area contributed by atoms with Crippen molar-refractivity contribution in [2.75, 3.05) is 45.4 Å². The second kappa shape index (κ2) is 16.6. The summed E-state index contributed by atoms with van der Waals surface area (Å²) in [5, 5.41) is 6.65. The number of benzene rings is 1. The normalized spacial score (nSPS) is 10.8. The molecule has 1 aromatic carbocycles. The van der Waals surface area contributed by atoms with Gasteiger partial charge in [0.2, 0.25) is 0 Å². The summed E-state index contributed by atoms with van der Waals surface area (Å²) in [6, 6.07) is 7.66. The van der Waals surface area contributed by atoms with Crippen molar-refractivity contribution in [1.29, 1.82) is 0 Å². The number of rotatable bonds is 12. The average Bonchev–Trinajstić information content (AvgIpc) is 2.61. The van der Waals surface area contributed by atoms with E-state index in [0.29, 0.717) is 6.61 Å². The first-order chi connectivity index (χ1) is 11.8. The summed E-state index contributed by atoms with van der Waals surface area (Å²) in [6.45, 7) is 5.30. The van der Waals surface area contributed by atoms with E-state index in [2.05, 4.69) is 28.8 Å². The Morgan fingerprint density at radius 1 is 1.16 bits per heavy atom. The fourth-order valence-corrected chi connectivity index (χ4v) is 2.55. The number of thioether (sulfide) groups is 1. The Balaban J connectivity index is 0.00000576. The van der Waals surface area contributed by atoms with Crippen LogP contribution in [-0.2, 0) is 0 Å². The van der Waals surface area contributed by atoms with Gasteiger partial charge in [-0.2, -0.15) is 11.8 Å². The first-order valence-corrected chi connectivity index (χ1v) is 9.97. The fourth-order valence-electron chi connectivity index (χ4n) is 2.06. The molecule has 0 saturated carbocycles. The zero-order valence-corrected chi connectivity index (χ0v) is 18.7. The maximum absolute atomic E-state index is 5.72. The van der Waals surface area contributed by atoms with Crippen LogP contribution in [0.4, 0.5) is 0 Å². The van der Waals surface area contributed by atoms with E-state index < -0.39 is 0 Å². The van der Waals surface area contributed by atoms with E-state index in [0.717, 1.165) is 43.5 Å². The summed E-state index contributed by atoms with van der Waals surface area (Å²) in [4.78, 5) is 4.58. The second-order valence-electron chi connectivity index (χ2n) is 5.27. The Morgan fingerprint density at radius 3 is 2.68 bits per heavy atom. The van der Waals surface area contributed by atoms with Gasteiger partial charge in [-0.3, -0.25) is 4.99 Å². The fraction of sp³-hybridized carbons (Fsp3) is 0.611. The van der Waals surface area contributed by atoms with Crippen LogP contribution in [0.3, 0.4) is 0 Å². The Labute approximate surface area is 173 Å². The summed E-state index contributed by atoms with van der Waals surface area (Å²) >= 11 is 1.90. The number of halogens is 1. The number of nitrogens with zero attached hydrogens (tertiary/aromatic N) is 1. The zero-order valence-electron chi connectivity index (χ0n) is 15.5. The number of hydrogen-bond donors (Lipinski definition) is 2. The first-order valence-electron chi connectivity index (χ1n) is 8.58. The van der Waals surface area contributed by atoms with Crippen LogP contribution in [0.15, 0.2) is 29.3 Å². The Morgan fingerprint density at radius 2 is 1.96 bits per heavy atom. The van der Waals surface area contributed by atoms with Gasteiger partial charge in [0.15, 0.2) is 5.96 Å². The highest BCUT2D eigenvalue weighted by molar-refractivity contribution is 14.0. The molecule has 0 saturated heterocycles. The lowest BCUT2D eigenvalue weighted by molar-refractivity contribution is 0.311. The van der Waals surface area contributed by atoms with Gasteiger partial charge in [-0.1, -0.05) is 6.07 Å². The van der Waals surface area contributed by atoms with Crippen molar-refractivity contribution in [2.45, 2.75) is 26.2 Å². The van der Waals surface area contributed by atoms with E-state index in [1.54, 1.807) is 7.11 Å². The van der Waals surface area contributed by atoms with Crippen LogP contribution in [0, 0.1) is 0 Å². The Hall–Kier alpha value is -0.830. The third-order valence-corrected chi connectivity index (χ3v) is 3.99. The zero-order chi connectivity index (χ0) is 17.5. The molecule has 5 nitrogen and oxygen atoms in total. The molecule has 1 aromatic rings. The summed E-state index contributed by atoms with van der Waals surface area (Å²) in [5.41, 5.74) is 0. The lowest BCUT2D eigenvalue weighted by Gasteiger charge is -2.11. The summed E-state index contributed by atoms with van der Waals surface area (Å²) in [6.07, 6.45) is 5.43. The van der Waals surface area contributed by atoms with Gasteiger partial charge in [0.1, 0.15) is 11.5 Å². The minimum absolute atomic E-state index is 0. The highest BCUT2D eigenvalue weighted by Crippen LogP contribution is 2.18. The van der Waals surface area contributed by atoms with Gasteiger partial charge in [-0.25, -0.2) is 0 Å². The topological polar surface area (TPSA) is 54.9 Å². The van der Waals surface area contributed by atoms with Crippen molar-refractivity contribution < 1.29 is 9.47 Å². The molecule has 0 fully saturated rings. The standard InChI is InChI=1S/C18H31N3O2S.HI/c1-4-19-18(20-11-5-6-14-24-3)21-12-8-13-23-17-10-7-9-16(15-17)22-2;/h7,9-10,15H,4-6,8,11-14H2,1-3H3,(H2,19,20,21);1H. The molecule has 7 heteroatoms. The molecule has 0 heterocycles. The number of nitrogens with one attached hydrogen (secondary N) is 2. The third-order valence-electron chi connectivity index (χ3n) is 3.29. The van der Waals surface area contributed by atoms with Gasteiger partial charge in [0.25, 0.3) is 0 Å². The van der Waals surface area contributed by atoms with E-state index >= 15 is 0 Å². The summed E-state index contributed by atoms with van der Waals surface area (Å²) in [5.74, 6) is 3.75. The molecule has 1 rings (SSSR count). The molecule has 0 spiro atoms. The van der Waals surface area contributed by atoms with Crippen LogP contribution in [0.25, 0.3) is 0 Å². The maximum atomic E-state index is 5.72. The molecule has 0 aliphatic heterocycles. The number of ether oxygens (including phenoxy) is 2. The molecule has 2 N–H and O–H groups in total. The molecule has 0 amide bonds. The molecule has 0 unspecified atom stereocenters. The predicted molar refractivity (Wildman–Crippen MR) is 120 cm³/mol. The van der Waals surface area contributed by atoms with Crippen molar-refractivity contribution in [3.05, 3.63) is 24.3 Å². The molecule has 0 atom stereocenters. The van der Waals surface area contributed by atoms with Gasteiger partial charge >= 0.3 is 0 Å². The number of methoxy groups -OCH3 is 1. The van der Waals surface area contributed by atoms with Gasteiger partial charge in [0, 0.05) is 32.1 Å². The minimum atomic E-state index is 0. The number of guanidine groups is 1.